The molecule has 104 valence electrons. The fourth-order valence-electron chi connectivity index (χ4n) is 1.70. The molecule has 0 spiro atoms. The second-order valence-corrected chi connectivity index (χ2v) is 5.41. The summed E-state index contributed by atoms with van der Waals surface area (Å²) in [6, 6.07) is 5.25. The van der Waals surface area contributed by atoms with Crippen molar-refractivity contribution in [3.63, 3.8) is 0 Å². The van der Waals surface area contributed by atoms with Crippen LogP contribution in [0.1, 0.15) is 37.8 Å². The molecule has 1 unspecified atom stereocenters. The number of rotatable bonds is 3. The van der Waals surface area contributed by atoms with Gasteiger partial charge < -0.3 is 5.32 Å². The van der Waals surface area contributed by atoms with E-state index in [9.17, 15) is 9.59 Å². The number of carbonyl (C=O) groups is 2. The molecule has 1 aromatic carbocycles. The molecule has 0 aromatic heterocycles. The fourth-order valence-corrected chi connectivity index (χ4v) is 1.75. The zero-order valence-electron chi connectivity index (χ0n) is 11.6. The Kier molecular flexibility index (Phi) is 5.36. The molecule has 0 saturated carbocycles. The highest BCUT2D eigenvalue weighted by molar-refractivity contribution is 6.31. The van der Waals surface area contributed by atoms with E-state index in [1.165, 1.54) is 6.92 Å². The summed E-state index contributed by atoms with van der Waals surface area (Å²) < 4.78 is 0. The number of benzene rings is 1. The molecule has 1 aromatic rings. The molecule has 0 heterocycles. The van der Waals surface area contributed by atoms with Gasteiger partial charge in [0.2, 0.25) is 5.91 Å². The molecule has 4 nitrogen and oxygen atoms in total. The van der Waals surface area contributed by atoms with Gasteiger partial charge in [0.1, 0.15) is 5.38 Å². The van der Waals surface area contributed by atoms with Crippen molar-refractivity contribution in [1.82, 2.24) is 5.32 Å². The van der Waals surface area contributed by atoms with Gasteiger partial charge in [0.15, 0.2) is 0 Å². The molecule has 1 rings (SSSR count). The highest BCUT2D eigenvalue weighted by atomic mass is 35.5. The van der Waals surface area contributed by atoms with E-state index in [4.69, 9.17) is 11.6 Å². The lowest BCUT2D eigenvalue weighted by Gasteiger charge is -2.16. The molecule has 0 radical (unpaired) electrons. The zero-order chi connectivity index (χ0) is 14.6. The predicted molar refractivity (Wildman–Crippen MR) is 77.7 cm³/mol. The molecule has 3 amide bonds. The smallest absolute Gasteiger partial charge is 0.307 e. The summed E-state index contributed by atoms with van der Waals surface area (Å²) in [5.74, 6) is -0.239. The van der Waals surface area contributed by atoms with Gasteiger partial charge in [-0.1, -0.05) is 32.0 Å². The molecule has 0 aliphatic rings. The zero-order valence-corrected chi connectivity index (χ0v) is 12.3. The van der Waals surface area contributed by atoms with E-state index in [1.807, 2.05) is 39.0 Å². The molecule has 19 heavy (non-hydrogen) atoms. The number of anilines is 1. The van der Waals surface area contributed by atoms with Crippen LogP contribution in [-0.4, -0.2) is 17.3 Å². The molecular formula is C14H19ClN2O2. The Bertz CT molecular complexity index is 484. The van der Waals surface area contributed by atoms with E-state index < -0.39 is 17.3 Å². The van der Waals surface area contributed by atoms with Gasteiger partial charge in [-0.3, -0.25) is 10.1 Å². The molecular weight excluding hydrogens is 264 g/mol. The minimum Gasteiger partial charge on any atom is -0.307 e. The molecule has 1 atom stereocenters. The van der Waals surface area contributed by atoms with Crippen molar-refractivity contribution in [1.29, 1.82) is 0 Å². The quantitative estimate of drug-likeness (QED) is 0.835. The molecule has 0 saturated heterocycles. The number of para-hydroxylation sites is 1. The normalized spacial score (nSPS) is 12.1. The van der Waals surface area contributed by atoms with Crippen LogP contribution >= 0.6 is 11.6 Å². The van der Waals surface area contributed by atoms with Crippen molar-refractivity contribution in [3.05, 3.63) is 29.3 Å². The van der Waals surface area contributed by atoms with E-state index >= 15 is 0 Å². The Morgan fingerprint density at radius 3 is 2.37 bits per heavy atom. The van der Waals surface area contributed by atoms with Crippen molar-refractivity contribution < 1.29 is 9.59 Å². The van der Waals surface area contributed by atoms with Gasteiger partial charge in [0, 0.05) is 5.69 Å². The number of halogens is 1. The van der Waals surface area contributed by atoms with Crippen LogP contribution < -0.4 is 10.6 Å². The van der Waals surface area contributed by atoms with Crippen molar-refractivity contribution >= 4 is 29.2 Å². The van der Waals surface area contributed by atoms with Gasteiger partial charge in [-0.15, -0.1) is 11.6 Å². The van der Waals surface area contributed by atoms with Gasteiger partial charge in [-0.2, -0.15) is 0 Å². The van der Waals surface area contributed by atoms with Gasteiger partial charge in [-0.25, -0.2) is 4.79 Å². The van der Waals surface area contributed by atoms with E-state index in [0.717, 1.165) is 16.8 Å². The molecule has 0 aliphatic heterocycles. The largest absolute Gasteiger partial charge is 0.325 e. The maximum absolute atomic E-state index is 11.8. The second kappa shape index (κ2) is 6.57. The summed E-state index contributed by atoms with van der Waals surface area (Å²) in [6.45, 7) is 7.51. The Balaban J connectivity index is 2.88. The number of hydrogen-bond acceptors (Lipinski definition) is 2. The average Bonchev–Trinajstić information content (AvgIpc) is 2.31. The first-order valence-corrected chi connectivity index (χ1v) is 6.62. The van der Waals surface area contributed by atoms with Crippen molar-refractivity contribution in [2.24, 2.45) is 0 Å². The van der Waals surface area contributed by atoms with E-state index in [-0.39, 0.29) is 5.92 Å². The maximum atomic E-state index is 11.8. The SMILES string of the molecule is Cc1cccc(C(C)C)c1NC(=O)NC(=O)C(C)Cl. The van der Waals surface area contributed by atoms with Crippen molar-refractivity contribution in [2.45, 2.75) is 39.0 Å². The average molecular weight is 283 g/mol. The Morgan fingerprint density at radius 2 is 1.84 bits per heavy atom. The summed E-state index contributed by atoms with van der Waals surface area (Å²) >= 11 is 5.60. The molecule has 5 heteroatoms. The van der Waals surface area contributed by atoms with Crippen LogP contribution in [0.3, 0.4) is 0 Å². The van der Waals surface area contributed by atoms with Crippen LogP contribution in [0.2, 0.25) is 0 Å². The summed E-state index contributed by atoms with van der Waals surface area (Å²) in [4.78, 5) is 23.1. The Hall–Kier alpha value is -1.55. The van der Waals surface area contributed by atoms with Crippen molar-refractivity contribution in [2.75, 3.05) is 5.32 Å². The maximum Gasteiger partial charge on any atom is 0.325 e. The first-order valence-electron chi connectivity index (χ1n) is 6.18. The first-order chi connectivity index (χ1) is 8.82. The topological polar surface area (TPSA) is 58.2 Å². The Morgan fingerprint density at radius 1 is 1.21 bits per heavy atom. The summed E-state index contributed by atoms with van der Waals surface area (Å²) in [5, 5.41) is 4.17. The fraction of sp³-hybridized carbons (Fsp3) is 0.429. The lowest BCUT2D eigenvalue weighted by atomic mass is 9.98. The van der Waals surface area contributed by atoms with E-state index in [0.29, 0.717) is 0 Å². The van der Waals surface area contributed by atoms with E-state index in [2.05, 4.69) is 10.6 Å². The number of alkyl halides is 1. The molecule has 0 bridgehead atoms. The van der Waals surface area contributed by atoms with Gasteiger partial charge in [-0.05, 0) is 30.9 Å². The number of hydrogen-bond donors (Lipinski definition) is 2. The number of imide groups is 1. The first kappa shape index (κ1) is 15.5. The number of carbonyl (C=O) groups excluding carboxylic acids is 2. The van der Waals surface area contributed by atoms with Crippen LogP contribution in [0.4, 0.5) is 10.5 Å². The standard InChI is InChI=1S/C14H19ClN2O2/c1-8(2)11-7-5-6-9(3)12(11)16-14(19)17-13(18)10(4)15/h5-8,10H,1-4H3,(H2,16,17,18,19). The highest BCUT2D eigenvalue weighted by Crippen LogP contribution is 2.27. The third-order valence-corrected chi connectivity index (χ3v) is 2.96. The van der Waals surface area contributed by atoms with Crippen LogP contribution in [0, 0.1) is 6.92 Å². The lowest BCUT2D eigenvalue weighted by Crippen LogP contribution is -2.38. The van der Waals surface area contributed by atoms with Crippen LogP contribution in [-0.2, 0) is 4.79 Å². The van der Waals surface area contributed by atoms with Crippen LogP contribution in [0.25, 0.3) is 0 Å². The monoisotopic (exact) mass is 282 g/mol. The second-order valence-electron chi connectivity index (χ2n) is 4.75. The predicted octanol–water partition coefficient (Wildman–Crippen LogP) is 3.39. The summed E-state index contributed by atoms with van der Waals surface area (Å²) in [7, 11) is 0. The summed E-state index contributed by atoms with van der Waals surface area (Å²) in [5.41, 5.74) is 2.72. The molecule has 0 fully saturated rings. The van der Waals surface area contributed by atoms with E-state index in [1.54, 1.807) is 0 Å². The lowest BCUT2D eigenvalue weighted by molar-refractivity contribution is -0.119. The minimum absolute atomic E-state index is 0.276. The number of urea groups is 1. The van der Waals surface area contributed by atoms with Gasteiger partial charge >= 0.3 is 6.03 Å². The number of nitrogens with one attached hydrogen (secondary N) is 2. The van der Waals surface area contributed by atoms with Crippen LogP contribution in [0.15, 0.2) is 18.2 Å². The Labute approximate surface area is 118 Å². The minimum atomic E-state index is -0.743. The molecule has 0 aliphatic carbocycles. The highest BCUT2D eigenvalue weighted by Gasteiger charge is 2.16. The van der Waals surface area contributed by atoms with Gasteiger partial charge in [0.25, 0.3) is 0 Å². The van der Waals surface area contributed by atoms with Crippen LogP contribution in [0.5, 0.6) is 0 Å². The third-order valence-electron chi connectivity index (χ3n) is 2.76. The number of amides is 3. The van der Waals surface area contributed by atoms with Crippen molar-refractivity contribution in [3.8, 4) is 0 Å². The van der Waals surface area contributed by atoms with Gasteiger partial charge in [0.05, 0.1) is 0 Å². The summed E-state index contributed by atoms with van der Waals surface area (Å²) in [6.07, 6.45) is 0. The number of aryl methyl sites for hydroxylation is 1. The third kappa shape index (κ3) is 4.24. The molecule has 2 N–H and O–H groups in total.